The normalized spacial score (nSPS) is 50.2. The number of rotatable bonds is 3. The second-order valence-corrected chi connectivity index (χ2v) is 7.99. The zero-order chi connectivity index (χ0) is 12.5. The average Bonchev–Trinajstić information content (AvgIpc) is 2.76. The van der Waals surface area contributed by atoms with Gasteiger partial charge in [-0.05, 0) is 67.6 Å². The van der Waals surface area contributed by atoms with Gasteiger partial charge in [0.25, 0.3) is 0 Å². The van der Waals surface area contributed by atoms with E-state index < -0.39 is 0 Å². The molecule has 6 atom stereocenters. The van der Waals surface area contributed by atoms with E-state index in [2.05, 4.69) is 20.8 Å². The van der Waals surface area contributed by atoms with Crippen LogP contribution in [0, 0.1) is 35.0 Å². The summed E-state index contributed by atoms with van der Waals surface area (Å²) < 4.78 is 0. The summed E-state index contributed by atoms with van der Waals surface area (Å²) in [5.74, 6) is 5.05. The summed E-state index contributed by atoms with van der Waals surface area (Å²) in [5.41, 5.74) is 4.74. The van der Waals surface area contributed by atoms with Crippen LogP contribution < -0.4 is 0 Å². The van der Waals surface area contributed by atoms with Gasteiger partial charge in [-0.2, -0.15) is 0 Å². The average molecular weight is 244 g/mol. The maximum Gasteiger partial charge on any atom is 0.00241 e. The molecular formula is C18H28. The molecule has 0 radical (unpaired) electrons. The summed E-state index contributed by atoms with van der Waals surface area (Å²) in [6.07, 6.45) is 10.6. The third-order valence-corrected chi connectivity index (χ3v) is 7.07. The lowest BCUT2D eigenvalue weighted by Crippen LogP contribution is -2.31. The monoisotopic (exact) mass is 244 g/mol. The van der Waals surface area contributed by atoms with Crippen LogP contribution in [0.5, 0.6) is 0 Å². The van der Waals surface area contributed by atoms with Crippen molar-refractivity contribution in [3.63, 3.8) is 0 Å². The van der Waals surface area contributed by atoms with E-state index in [-0.39, 0.29) is 0 Å². The molecule has 0 aromatic rings. The minimum Gasteiger partial charge on any atom is -0.0654 e. The van der Waals surface area contributed by atoms with Crippen molar-refractivity contribution in [3.8, 4) is 0 Å². The zero-order valence-corrected chi connectivity index (χ0v) is 12.3. The minimum atomic E-state index is 0.812. The van der Waals surface area contributed by atoms with Crippen LogP contribution in [0.2, 0.25) is 0 Å². The molecule has 0 nitrogen and oxygen atoms in total. The van der Waals surface area contributed by atoms with Gasteiger partial charge in [0.05, 0.1) is 0 Å². The Morgan fingerprint density at radius 3 is 2.94 bits per heavy atom. The van der Waals surface area contributed by atoms with Gasteiger partial charge in [-0.25, -0.2) is 0 Å². The first-order valence-electron chi connectivity index (χ1n) is 8.40. The molecule has 3 fully saturated rings. The molecule has 1 spiro atoms. The standard InChI is InChI=1S/C18H28/c1-4-5-11(2)16-14-10-18-7-6-13(9-18)12(3)8-15(18)17(14)16/h11-15H,4-10H2,1-3H3. The molecule has 0 heterocycles. The van der Waals surface area contributed by atoms with Gasteiger partial charge in [0.15, 0.2) is 0 Å². The summed E-state index contributed by atoms with van der Waals surface area (Å²) in [6.45, 7) is 7.36. The molecule has 0 amide bonds. The van der Waals surface area contributed by atoms with Crippen molar-refractivity contribution in [1.82, 2.24) is 0 Å². The molecule has 0 heteroatoms. The Kier molecular flexibility index (Phi) is 2.34. The summed E-state index contributed by atoms with van der Waals surface area (Å²) in [5, 5.41) is 0. The Labute approximate surface area is 112 Å². The van der Waals surface area contributed by atoms with Crippen molar-refractivity contribution in [2.75, 3.05) is 0 Å². The molecule has 4 aliphatic carbocycles. The molecule has 2 bridgehead atoms. The van der Waals surface area contributed by atoms with E-state index in [9.17, 15) is 0 Å². The quantitative estimate of drug-likeness (QED) is 0.599. The van der Waals surface area contributed by atoms with E-state index in [4.69, 9.17) is 0 Å². The van der Waals surface area contributed by atoms with Gasteiger partial charge in [0.2, 0.25) is 0 Å². The predicted molar refractivity (Wildman–Crippen MR) is 76.3 cm³/mol. The minimum absolute atomic E-state index is 0.812. The van der Waals surface area contributed by atoms with Crippen molar-refractivity contribution in [3.05, 3.63) is 11.1 Å². The largest absolute Gasteiger partial charge is 0.0654 e. The van der Waals surface area contributed by atoms with E-state index in [1.807, 2.05) is 11.1 Å². The fourth-order valence-corrected chi connectivity index (χ4v) is 6.20. The highest BCUT2D eigenvalue weighted by molar-refractivity contribution is 5.50. The Hall–Kier alpha value is -0.260. The fraction of sp³-hybridized carbons (Fsp3) is 0.889. The highest BCUT2D eigenvalue weighted by Crippen LogP contribution is 2.74. The molecule has 0 N–H and O–H groups in total. The molecular weight excluding hydrogens is 216 g/mol. The van der Waals surface area contributed by atoms with Crippen LogP contribution in [0.4, 0.5) is 0 Å². The molecule has 4 rings (SSSR count). The van der Waals surface area contributed by atoms with Crippen LogP contribution in [0.1, 0.15) is 65.7 Å². The predicted octanol–water partition coefficient (Wildman–Crippen LogP) is 5.20. The molecule has 6 unspecified atom stereocenters. The lowest BCUT2D eigenvalue weighted by atomic mass is 9.64. The van der Waals surface area contributed by atoms with Crippen LogP contribution in [0.25, 0.3) is 0 Å². The van der Waals surface area contributed by atoms with Gasteiger partial charge in [-0.1, -0.05) is 38.3 Å². The SMILES string of the molecule is CCCC(C)C1=C2C1CC13CCC(C1)C(C)CC23. The Morgan fingerprint density at radius 1 is 1.33 bits per heavy atom. The van der Waals surface area contributed by atoms with Gasteiger partial charge < -0.3 is 0 Å². The van der Waals surface area contributed by atoms with Crippen LogP contribution >= 0.6 is 0 Å². The topological polar surface area (TPSA) is 0 Å². The van der Waals surface area contributed by atoms with Crippen LogP contribution in [-0.2, 0) is 0 Å². The fourth-order valence-electron chi connectivity index (χ4n) is 6.20. The van der Waals surface area contributed by atoms with Crippen LogP contribution in [-0.4, -0.2) is 0 Å². The Balaban J connectivity index is 1.61. The van der Waals surface area contributed by atoms with Crippen LogP contribution in [0.15, 0.2) is 11.1 Å². The number of allylic oxidation sites excluding steroid dienone is 2. The molecule has 0 aliphatic heterocycles. The Bertz CT molecular complexity index is 404. The van der Waals surface area contributed by atoms with Crippen LogP contribution in [0.3, 0.4) is 0 Å². The molecule has 0 aromatic heterocycles. The summed E-state index contributed by atoms with van der Waals surface area (Å²) in [4.78, 5) is 0. The van der Waals surface area contributed by atoms with Gasteiger partial charge >= 0.3 is 0 Å². The third-order valence-electron chi connectivity index (χ3n) is 7.07. The molecule has 3 saturated carbocycles. The zero-order valence-electron chi connectivity index (χ0n) is 12.3. The first-order valence-corrected chi connectivity index (χ1v) is 8.40. The maximum atomic E-state index is 2.53. The van der Waals surface area contributed by atoms with Gasteiger partial charge in [0.1, 0.15) is 0 Å². The first-order chi connectivity index (χ1) is 8.66. The first kappa shape index (κ1) is 11.6. The van der Waals surface area contributed by atoms with E-state index >= 15 is 0 Å². The van der Waals surface area contributed by atoms with E-state index in [1.165, 1.54) is 12.8 Å². The van der Waals surface area contributed by atoms with E-state index in [1.54, 1.807) is 32.1 Å². The second kappa shape index (κ2) is 3.64. The Morgan fingerprint density at radius 2 is 2.17 bits per heavy atom. The summed E-state index contributed by atoms with van der Waals surface area (Å²) >= 11 is 0. The lowest BCUT2D eigenvalue weighted by Gasteiger charge is -2.40. The van der Waals surface area contributed by atoms with Gasteiger partial charge in [-0.15, -0.1) is 0 Å². The number of hydrogen-bond donors (Lipinski definition) is 0. The van der Waals surface area contributed by atoms with Gasteiger partial charge in [-0.3, -0.25) is 0 Å². The van der Waals surface area contributed by atoms with Crippen molar-refractivity contribution in [2.24, 2.45) is 35.0 Å². The molecule has 18 heavy (non-hydrogen) atoms. The van der Waals surface area contributed by atoms with Crippen molar-refractivity contribution < 1.29 is 0 Å². The smallest absolute Gasteiger partial charge is 0.00241 e. The molecule has 4 aliphatic rings. The molecule has 100 valence electrons. The number of hydrogen-bond acceptors (Lipinski definition) is 0. The van der Waals surface area contributed by atoms with Crippen molar-refractivity contribution >= 4 is 0 Å². The highest BCUT2D eigenvalue weighted by atomic mass is 14.7. The second-order valence-electron chi connectivity index (χ2n) is 7.99. The molecule has 0 saturated heterocycles. The number of fused-ring (bicyclic) bond motifs is 3. The van der Waals surface area contributed by atoms with E-state index in [0.717, 1.165) is 35.0 Å². The molecule has 0 aromatic carbocycles. The summed E-state index contributed by atoms with van der Waals surface area (Å²) in [6, 6.07) is 0. The lowest BCUT2D eigenvalue weighted by molar-refractivity contribution is 0.119. The highest BCUT2D eigenvalue weighted by Gasteiger charge is 2.63. The third kappa shape index (κ3) is 1.33. The van der Waals surface area contributed by atoms with Crippen molar-refractivity contribution in [2.45, 2.75) is 65.7 Å². The maximum absolute atomic E-state index is 2.53. The summed E-state index contributed by atoms with van der Waals surface area (Å²) in [7, 11) is 0. The van der Waals surface area contributed by atoms with Gasteiger partial charge in [0, 0.05) is 5.92 Å². The van der Waals surface area contributed by atoms with E-state index in [0.29, 0.717) is 0 Å². The van der Waals surface area contributed by atoms with Crippen molar-refractivity contribution in [1.29, 1.82) is 0 Å².